The lowest BCUT2D eigenvalue weighted by atomic mass is 9.78. The number of imidazole rings is 1. The molecule has 39 heavy (non-hydrogen) atoms. The van der Waals surface area contributed by atoms with E-state index in [1.165, 1.54) is 13.8 Å². The van der Waals surface area contributed by atoms with Gasteiger partial charge in [0.1, 0.15) is 30.8 Å². The minimum absolute atomic E-state index is 0.0866. The number of aromatic nitrogens is 2. The Kier molecular flexibility index (Phi) is 10.9. The Morgan fingerprint density at radius 2 is 1.41 bits per heavy atom. The van der Waals surface area contributed by atoms with Gasteiger partial charge in [-0.1, -0.05) is 49.2 Å². The molecule has 0 bridgehead atoms. The van der Waals surface area contributed by atoms with Crippen molar-refractivity contribution in [3.8, 4) is 11.5 Å². The van der Waals surface area contributed by atoms with E-state index in [1.807, 2.05) is 28.8 Å². The first kappa shape index (κ1) is 30.6. The minimum atomic E-state index is -0.575. The first-order valence-electron chi connectivity index (χ1n) is 12.2. The van der Waals surface area contributed by atoms with Crippen LogP contribution in [0, 0.1) is 0 Å². The van der Waals surface area contributed by atoms with Crippen LogP contribution < -0.4 is 9.47 Å². The molecular weight excluding hydrogens is 567 g/mol. The summed E-state index contributed by atoms with van der Waals surface area (Å²) < 4.78 is 23.9. The summed E-state index contributed by atoms with van der Waals surface area (Å²) in [5.74, 6) is 0.213. The number of hydrogen-bond acceptors (Lipinski definition) is 7. The van der Waals surface area contributed by atoms with Crippen LogP contribution in [0.3, 0.4) is 0 Å². The van der Waals surface area contributed by atoms with E-state index < -0.39 is 29.6 Å². The zero-order chi connectivity index (χ0) is 28.6. The highest BCUT2D eigenvalue weighted by Crippen LogP contribution is 2.38. The van der Waals surface area contributed by atoms with E-state index in [4.69, 9.17) is 53.8 Å². The van der Waals surface area contributed by atoms with Crippen LogP contribution in [0.5, 0.6) is 11.5 Å². The first-order valence-corrected chi connectivity index (χ1v) is 13.5. The van der Waals surface area contributed by atoms with Crippen LogP contribution in [0.1, 0.15) is 38.8 Å². The van der Waals surface area contributed by atoms with Crippen molar-refractivity contribution < 1.29 is 28.5 Å². The van der Waals surface area contributed by atoms with E-state index in [0.717, 1.165) is 11.1 Å². The fourth-order valence-corrected chi connectivity index (χ4v) is 4.50. The maximum absolute atomic E-state index is 11.5. The second kappa shape index (κ2) is 13.9. The largest absolute Gasteiger partial charge is 0.488 e. The number of alkyl halides is 1. The van der Waals surface area contributed by atoms with Gasteiger partial charge in [-0.05, 0) is 35.4 Å². The van der Waals surface area contributed by atoms with E-state index in [2.05, 4.69) is 18.8 Å². The monoisotopic (exact) mass is 596 g/mol. The summed E-state index contributed by atoms with van der Waals surface area (Å²) in [6.45, 7) is 7.39. The van der Waals surface area contributed by atoms with Gasteiger partial charge in [0.25, 0.3) is 0 Å². The molecule has 1 heterocycles. The van der Waals surface area contributed by atoms with Gasteiger partial charge in [0, 0.05) is 31.7 Å². The smallest absolute Gasteiger partial charge is 0.303 e. The fourth-order valence-electron chi connectivity index (χ4n) is 3.88. The molecule has 3 aromatic rings. The van der Waals surface area contributed by atoms with Crippen molar-refractivity contribution in [1.29, 1.82) is 0 Å². The van der Waals surface area contributed by atoms with Crippen molar-refractivity contribution in [2.45, 2.75) is 51.9 Å². The number of hydrogen-bond donors (Lipinski definition) is 0. The number of esters is 2. The molecule has 0 spiro atoms. The van der Waals surface area contributed by atoms with E-state index in [9.17, 15) is 9.59 Å². The predicted octanol–water partition coefficient (Wildman–Crippen LogP) is 6.08. The average molecular weight is 598 g/mol. The highest BCUT2D eigenvalue weighted by Gasteiger charge is 2.26. The molecule has 0 aliphatic heterocycles. The van der Waals surface area contributed by atoms with Gasteiger partial charge in [-0.25, -0.2) is 4.98 Å². The van der Waals surface area contributed by atoms with Crippen LogP contribution in [0.25, 0.3) is 0 Å². The van der Waals surface area contributed by atoms with E-state index >= 15 is 0 Å². The van der Waals surface area contributed by atoms with Crippen molar-refractivity contribution in [2.75, 3.05) is 19.1 Å². The van der Waals surface area contributed by atoms with Gasteiger partial charge in [0.15, 0.2) is 6.10 Å². The molecule has 8 nitrogen and oxygen atoms in total. The molecule has 2 aromatic carbocycles. The predicted molar refractivity (Wildman–Crippen MR) is 150 cm³/mol. The molecule has 0 saturated heterocycles. The number of carbonyl (C=O) groups is 2. The number of rotatable bonds is 13. The zero-order valence-corrected chi connectivity index (χ0v) is 24.4. The van der Waals surface area contributed by atoms with Crippen molar-refractivity contribution >= 4 is 46.7 Å². The molecule has 210 valence electrons. The van der Waals surface area contributed by atoms with Gasteiger partial charge < -0.3 is 23.5 Å². The Labute approximate surface area is 243 Å². The van der Waals surface area contributed by atoms with Gasteiger partial charge in [-0.2, -0.15) is 0 Å². The van der Waals surface area contributed by atoms with Crippen molar-refractivity contribution in [3.63, 3.8) is 0 Å². The summed E-state index contributed by atoms with van der Waals surface area (Å²) in [6, 6.07) is 11.1. The number of nitrogens with zero attached hydrogens (tertiary/aromatic N) is 2. The highest BCUT2D eigenvalue weighted by atomic mass is 35.5. The molecule has 0 aliphatic rings. The summed E-state index contributed by atoms with van der Waals surface area (Å²) in [4.78, 5) is 26.7. The maximum Gasteiger partial charge on any atom is 0.303 e. The lowest BCUT2D eigenvalue weighted by molar-refractivity contribution is -0.148. The Bertz CT molecular complexity index is 1270. The van der Waals surface area contributed by atoms with Gasteiger partial charge in [0.2, 0.25) is 0 Å². The second-order valence-corrected chi connectivity index (χ2v) is 10.5. The fraction of sp³-hybridized carbons (Fsp3) is 0.393. The third kappa shape index (κ3) is 8.78. The van der Waals surface area contributed by atoms with Crippen molar-refractivity contribution in [3.05, 3.63) is 76.3 Å². The first-order chi connectivity index (χ1) is 18.5. The topological polar surface area (TPSA) is 88.9 Å². The Morgan fingerprint density at radius 1 is 0.897 bits per heavy atom. The maximum atomic E-state index is 11.5. The summed E-state index contributed by atoms with van der Waals surface area (Å²) in [5.41, 5.74) is 1.42. The molecule has 0 amide bonds. The normalized spacial score (nSPS) is 12.9. The summed E-state index contributed by atoms with van der Waals surface area (Å²) >= 11 is 19.0. The zero-order valence-electron chi connectivity index (χ0n) is 22.2. The quantitative estimate of drug-likeness (QED) is 0.174. The van der Waals surface area contributed by atoms with Crippen LogP contribution in [0.4, 0.5) is 0 Å². The SMILES string of the molecule is CC(=O)O[C@H](CCl)COc1ccc(C(C)(C)c2ccc(OC[C@H](Cn3ccnc3)OC(C)=O)c(Cl)c2)cc1Cl. The third-order valence-electron chi connectivity index (χ3n) is 5.97. The second-order valence-electron chi connectivity index (χ2n) is 9.41. The van der Waals surface area contributed by atoms with E-state index in [0.29, 0.717) is 28.1 Å². The molecule has 0 fully saturated rings. The lowest BCUT2D eigenvalue weighted by Gasteiger charge is -2.27. The Hall–Kier alpha value is -2.94. The van der Waals surface area contributed by atoms with Crippen LogP contribution >= 0.6 is 34.8 Å². The molecular formula is C28H31Cl3N2O6. The van der Waals surface area contributed by atoms with Crippen LogP contribution in [0.2, 0.25) is 10.0 Å². The molecule has 0 radical (unpaired) electrons. The van der Waals surface area contributed by atoms with Crippen LogP contribution in [-0.2, 0) is 31.0 Å². The van der Waals surface area contributed by atoms with Gasteiger partial charge in [-0.3, -0.25) is 9.59 Å². The molecule has 0 aliphatic carbocycles. The summed E-state index contributed by atoms with van der Waals surface area (Å²) in [7, 11) is 0. The van der Waals surface area contributed by atoms with E-state index in [-0.39, 0.29) is 19.1 Å². The molecule has 2 atom stereocenters. The number of carbonyl (C=O) groups excluding carboxylic acids is 2. The standard InChI is InChI=1S/C28H31Cl3N2O6/c1-18(34)38-22(13-29)15-36-26-7-5-20(11-24(26)30)28(3,4)21-6-8-27(25(31)12-21)37-16-23(39-19(2)35)14-33-10-9-32-17-33/h5-12,17,22-23H,13-16H2,1-4H3/t22-,23+/m1/s1. The minimum Gasteiger partial charge on any atom is -0.488 e. The molecule has 11 heteroatoms. The number of halogens is 3. The highest BCUT2D eigenvalue weighted by molar-refractivity contribution is 6.32. The molecule has 1 aromatic heterocycles. The van der Waals surface area contributed by atoms with Crippen LogP contribution in [-0.4, -0.2) is 52.8 Å². The van der Waals surface area contributed by atoms with E-state index in [1.54, 1.807) is 30.9 Å². The van der Waals surface area contributed by atoms with Crippen molar-refractivity contribution in [1.82, 2.24) is 9.55 Å². The third-order valence-corrected chi connectivity index (χ3v) is 6.90. The number of benzene rings is 2. The van der Waals surface area contributed by atoms with Gasteiger partial charge in [0.05, 0.1) is 28.8 Å². The summed E-state index contributed by atoms with van der Waals surface area (Å²) in [5, 5.41) is 0.839. The summed E-state index contributed by atoms with van der Waals surface area (Å²) in [6.07, 6.45) is 3.99. The van der Waals surface area contributed by atoms with Crippen LogP contribution in [0.15, 0.2) is 55.1 Å². The molecule has 3 rings (SSSR count). The Balaban J connectivity index is 1.69. The van der Waals surface area contributed by atoms with Gasteiger partial charge >= 0.3 is 11.9 Å². The molecule has 0 N–H and O–H groups in total. The molecule has 0 unspecified atom stereocenters. The Morgan fingerprint density at radius 3 is 1.85 bits per heavy atom. The van der Waals surface area contributed by atoms with Gasteiger partial charge in [-0.15, -0.1) is 11.6 Å². The average Bonchev–Trinajstić information content (AvgIpc) is 3.38. The lowest BCUT2D eigenvalue weighted by Crippen LogP contribution is -2.28. The number of ether oxygens (including phenoxy) is 4. The molecule has 0 saturated carbocycles. The van der Waals surface area contributed by atoms with Crippen molar-refractivity contribution in [2.24, 2.45) is 0 Å².